The summed E-state index contributed by atoms with van der Waals surface area (Å²) in [6.45, 7) is 0. The Hall–Kier alpha value is -1.26. The zero-order chi connectivity index (χ0) is 7.98. The normalized spacial score (nSPS) is 14.6. The summed E-state index contributed by atoms with van der Waals surface area (Å²) in [6.07, 6.45) is 5.01. The van der Waals surface area contributed by atoms with Crippen LogP contribution in [0.25, 0.3) is 0 Å². The van der Waals surface area contributed by atoms with Gasteiger partial charge in [-0.1, -0.05) is 0 Å². The fourth-order valence-corrected chi connectivity index (χ4v) is 0.440. The molecule has 0 saturated heterocycles. The van der Waals surface area contributed by atoms with Crippen molar-refractivity contribution < 1.29 is 14.8 Å². The van der Waals surface area contributed by atoms with Crippen LogP contribution >= 0.6 is 0 Å². The van der Waals surface area contributed by atoms with Crippen LogP contribution < -0.4 is 5.90 Å². The Bertz CT molecular complexity index is 155. The molecule has 0 heterocycles. The number of carbonyl (C=O) groups excluding carboxylic acids is 2. The number of rotatable bonds is 0. The molecule has 0 aromatic heterocycles. The quantitative estimate of drug-likeness (QED) is 0.355. The first-order valence-electron chi connectivity index (χ1n) is 2.49. The van der Waals surface area contributed by atoms with E-state index in [9.17, 15) is 9.59 Å². The summed E-state index contributed by atoms with van der Waals surface area (Å²) in [4.78, 5) is 20.6. The highest BCUT2D eigenvalue weighted by Crippen LogP contribution is 1.90. The van der Waals surface area contributed by atoms with Crippen molar-refractivity contribution in [1.82, 2.24) is 0 Å². The number of hydrogen-bond donors (Lipinski definition) is 2. The van der Waals surface area contributed by atoms with Crippen LogP contribution in [0.3, 0.4) is 0 Å². The average Bonchev–Trinajstić information content (AvgIpc) is 2.00. The summed E-state index contributed by atoms with van der Waals surface area (Å²) in [6, 6.07) is 0. The molecule has 0 aliphatic heterocycles. The Morgan fingerprint density at radius 1 is 0.900 bits per heavy atom. The van der Waals surface area contributed by atoms with Crippen LogP contribution in [0.5, 0.6) is 0 Å². The number of allylic oxidation sites excluding steroid dienone is 4. The Morgan fingerprint density at radius 2 is 1.10 bits per heavy atom. The molecule has 0 amide bonds. The van der Waals surface area contributed by atoms with Gasteiger partial charge in [-0.25, -0.2) is 5.90 Å². The lowest BCUT2D eigenvalue weighted by molar-refractivity contribution is -0.113. The van der Waals surface area contributed by atoms with Gasteiger partial charge in [0.05, 0.1) is 0 Å². The van der Waals surface area contributed by atoms with Crippen molar-refractivity contribution >= 4 is 11.6 Å². The van der Waals surface area contributed by atoms with E-state index < -0.39 is 0 Å². The maximum absolute atomic E-state index is 10.3. The first-order chi connectivity index (χ1) is 4.79. The number of ketones is 2. The molecule has 10 heavy (non-hydrogen) atoms. The molecule has 1 rings (SSSR count). The minimum Gasteiger partial charge on any atom is -0.320 e. The molecule has 0 radical (unpaired) electrons. The summed E-state index contributed by atoms with van der Waals surface area (Å²) in [5, 5.41) is 6.50. The van der Waals surface area contributed by atoms with Gasteiger partial charge in [-0.3, -0.25) is 9.59 Å². The molecule has 4 heteroatoms. The lowest BCUT2D eigenvalue weighted by Crippen LogP contribution is -1.97. The lowest BCUT2D eigenvalue weighted by atomic mass is 10.2. The maximum Gasteiger partial charge on any atom is 0.178 e. The third kappa shape index (κ3) is 2.91. The van der Waals surface area contributed by atoms with E-state index in [0.717, 1.165) is 0 Å². The molecule has 0 saturated carbocycles. The van der Waals surface area contributed by atoms with Crippen LogP contribution in [0.15, 0.2) is 24.3 Å². The van der Waals surface area contributed by atoms with Crippen molar-refractivity contribution in [3.63, 3.8) is 0 Å². The van der Waals surface area contributed by atoms with Crippen molar-refractivity contribution in [2.75, 3.05) is 0 Å². The van der Waals surface area contributed by atoms with E-state index >= 15 is 0 Å². The first-order valence-corrected chi connectivity index (χ1v) is 2.49. The Morgan fingerprint density at radius 3 is 1.30 bits per heavy atom. The van der Waals surface area contributed by atoms with Gasteiger partial charge in [-0.2, -0.15) is 0 Å². The van der Waals surface area contributed by atoms with Gasteiger partial charge in [0.2, 0.25) is 0 Å². The standard InChI is InChI=1S/C6H4O2.H3NO/c7-5-1-2-6(8)4-3-5;1-2/h1-4H;2H,1H2. The number of carbonyl (C=O) groups is 2. The van der Waals surface area contributed by atoms with Gasteiger partial charge in [0.1, 0.15) is 0 Å². The van der Waals surface area contributed by atoms with E-state index in [1.807, 2.05) is 0 Å². The SMILES string of the molecule is NO.O=C1C=CC(=O)C=C1. The van der Waals surface area contributed by atoms with Crippen LogP contribution in [0.4, 0.5) is 0 Å². The fraction of sp³-hybridized carbons (Fsp3) is 0. The molecule has 54 valence electrons. The highest BCUT2D eigenvalue weighted by atomic mass is 16.4. The zero-order valence-corrected chi connectivity index (χ0v) is 5.15. The average molecular weight is 141 g/mol. The van der Waals surface area contributed by atoms with Crippen molar-refractivity contribution in [2.45, 2.75) is 0 Å². The molecule has 0 spiro atoms. The van der Waals surface area contributed by atoms with Gasteiger partial charge in [0, 0.05) is 0 Å². The Kier molecular flexibility index (Phi) is 4.02. The molecule has 1 aliphatic rings. The highest BCUT2D eigenvalue weighted by molar-refractivity contribution is 6.14. The topological polar surface area (TPSA) is 80.4 Å². The monoisotopic (exact) mass is 141 g/mol. The van der Waals surface area contributed by atoms with Gasteiger partial charge in [0.25, 0.3) is 0 Å². The van der Waals surface area contributed by atoms with Gasteiger partial charge < -0.3 is 5.21 Å². The van der Waals surface area contributed by atoms with Crippen molar-refractivity contribution in [3.8, 4) is 0 Å². The first kappa shape index (κ1) is 8.74. The van der Waals surface area contributed by atoms with E-state index in [0.29, 0.717) is 0 Å². The minimum absolute atomic E-state index is 0.121. The summed E-state index contributed by atoms with van der Waals surface area (Å²) >= 11 is 0. The molecular weight excluding hydrogens is 134 g/mol. The molecule has 0 aromatic carbocycles. The van der Waals surface area contributed by atoms with Crippen LogP contribution in [-0.2, 0) is 9.59 Å². The van der Waals surface area contributed by atoms with Crippen molar-refractivity contribution in [1.29, 1.82) is 0 Å². The molecule has 0 aromatic rings. The zero-order valence-electron chi connectivity index (χ0n) is 5.15. The second kappa shape index (κ2) is 4.60. The van der Waals surface area contributed by atoms with Crippen LogP contribution in [-0.4, -0.2) is 16.8 Å². The molecule has 4 nitrogen and oxygen atoms in total. The summed E-state index contributed by atoms with van der Waals surface area (Å²) in [7, 11) is 0. The molecule has 0 bridgehead atoms. The van der Waals surface area contributed by atoms with Gasteiger partial charge in [0.15, 0.2) is 11.6 Å². The van der Waals surface area contributed by atoms with E-state index in [1.165, 1.54) is 24.3 Å². The molecule has 0 unspecified atom stereocenters. The summed E-state index contributed by atoms with van der Waals surface area (Å²) in [5.74, 6) is 3.26. The minimum atomic E-state index is -0.121. The van der Waals surface area contributed by atoms with Gasteiger partial charge in [-0.15, -0.1) is 0 Å². The van der Waals surface area contributed by atoms with Gasteiger partial charge in [-0.05, 0) is 24.3 Å². The highest BCUT2D eigenvalue weighted by Gasteiger charge is 1.97. The van der Waals surface area contributed by atoms with Crippen LogP contribution in [0, 0.1) is 0 Å². The lowest BCUT2D eigenvalue weighted by Gasteiger charge is -1.87. The molecule has 0 atom stereocenters. The Balaban J connectivity index is 0.000000371. The summed E-state index contributed by atoms with van der Waals surface area (Å²) in [5.41, 5.74) is 0. The molecule has 3 N–H and O–H groups in total. The van der Waals surface area contributed by atoms with Crippen LogP contribution in [0.1, 0.15) is 0 Å². The fourth-order valence-electron chi connectivity index (χ4n) is 0.440. The second-order valence-corrected chi connectivity index (χ2v) is 1.47. The van der Waals surface area contributed by atoms with Crippen molar-refractivity contribution in [2.24, 2.45) is 5.90 Å². The number of nitrogens with two attached hydrogens (primary N) is 1. The van der Waals surface area contributed by atoms with Crippen LogP contribution in [0.2, 0.25) is 0 Å². The summed E-state index contributed by atoms with van der Waals surface area (Å²) < 4.78 is 0. The second-order valence-electron chi connectivity index (χ2n) is 1.47. The smallest absolute Gasteiger partial charge is 0.178 e. The maximum atomic E-state index is 10.3. The Labute approximate surface area is 57.6 Å². The van der Waals surface area contributed by atoms with E-state index in [1.54, 1.807) is 0 Å². The largest absolute Gasteiger partial charge is 0.320 e. The molecule has 1 aliphatic carbocycles. The predicted octanol–water partition coefficient (Wildman–Crippen LogP) is -0.415. The van der Waals surface area contributed by atoms with Gasteiger partial charge >= 0.3 is 0 Å². The third-order valence-electron chi connectivity index (χ3n) is 0.824. The van der Waals surface area contributed by atoms with E-state index in [4.69, 9.17) is 5.21 Å². The molecule has 0 fully saturated rings. The number of hydrogen-bond acceptors (Lipinski definition) is 4. The van der Waals surface area contributed by atoms with E-state index in [-0.39, 0.29) is 11.6 Å². The van der Waals surface area contributed by atoms with Crippen molar-refractivity contribution in [3.05, 3.63) is 24.3 Å². The van der Waals surface area contributed by atoms with E-state index in [2.05, 4.69) is 5.90 Å². The molecular formula is C6H7NO3. The predicted molar refractivity (Wildman–Crippen MR) is 34.3 cm³/mol. The third-order valence-corrected chi connectivity index (χ3v) is 0.824.